The van der Waals surface area contributed by atoms with Crippen LogP contribution >= 0.6 is 11.3 Å². The maximum atomic E-state index is 2.46. The maximum absolute atomic E-state index is 2.46. The molecule has 11 rings (SSSR count). The van der Waals surface area contributed by atoms with E-state index in [1.165, 1.54) is 102 Å². The molecule has 0 N–H and O–H groups in total. The third-order valence-corrected chi connectivity index (χ3v) is 11.8. The second-order valence-corrected chi connectivity index (χ2v) is 14.3. The van der Waals surface area contributed by atoms with Crippen molar-refractivity contribution in [2.45, 2.75) is 0 Å². The van der Waals surface area contributed by atoms with Crippen molar-refractivity contribution < 1.29 is 0 Å². The fraction of sp³-hybridized carbons (Fsp3) is 0. The van der Waals surface area contributed by atoms with Crippen LogP contribution in [0.5, 0.6) is 0 Å². The van der Waals surface area contributed by atoms with Gasteiger partial charge in [0, 0.05) is 26.2 Å². The SMILES string of the molecule is c1cc(-c2ccc3c4ccccc4c4ccccc4c3c2)cc(-c2ccc3c(c2)c2ccccc2n3-c2cccc3c2sc2ccccc23)c1. The topological polar surface area (TPSA) is 4.93 Å². The van der Waals surface area contributed by atoms with Gasteiger partial charge in [-0.2, -0.15) is 0 Å². The number of benzene rings is 9. The molecule has 0 saturated carbocycles. The van der Waals surface area contributed by atoms with Crippen LogP contribution in [0, 0.1) is 0 Å². The number of aromatic nitrogens is 1. The van der Waals surface area contributed by atoms with Crippen molar-refractivity contribution in [3.63, 3.8) is 0 Å². The minimum atomic E-state index is 1.22. The van der Waals surface area contributed by atoms with Gasteiger partial charge in [0.25, 0.3) is 0 Å². The number of para-hydroxylation sites is 1. The fourth-order valence-corrected chi connectivity index (χ4v) is 9.49. The number of hydrogen-bond donors (Lipinski definition) is 0. The van der Waals surface area contributed by atoms with Gasteiger partial charge in [0.1, 0.15) is 0 Å². The summed E-state index contributed by atoms with van der Waals surface area (Å²) in [6, 6.07) is 64.9. The molecule has 0 fully saturated rings. The van der Waals surface area contributed by atoms with Crippen molar-refractivity contribution in [3.05, 3.63) is 176 Å². The van der Waals surface area contributed by atoms with E-state index in [0.717, 1.165) is 0 Å². The van der Waals surface area contributed by atoms with Gasteiger partial charge in [-0.1, -0.05) is 133 Å². The van der Waals surface area contributed by atoms with E-state index in [0.29, 0.717) is 0 Å². The summed E-state index contributed by atoms with van der Waals surface area (Å²) in [6.45, 7) is 0. The molecule has 0 aliphatic rings. The Bertz CT molecular complexity index is 3120. The van der Waals surface area contributed by atoms with Crippen LogP contribution in [0.4, 0.5) is 0 Å². The predicted octanol–water partition coefficient (Wildman–Crippen LogP) is 13.9. The Morgan fingerprint density at radius 1 is 0.300 bits per heavy atom. The third-order valence-electron chi connectivity index (χ3n) is 10.6. The van der Waals surface area contributed by atoms with Crippen molar-refractivity contribution in [1.82, 2.24) is 4.57 Å². The lowest BCUT2D eigenvalue weighted by Crippen LogP contribution is -1.93. The van der Waals surface area contributed by atoms with Crippen molar-refractivity contribution in [1.29, 1.82) is 0 Å². The minimum absolute atomic E-state index is 1.22. The molecule has 0 unspecified atom stereocenters. The first-order chi connectivity index (χ1) is 24.8. The van der Waals surface area contributed by atoms with Crippen LogP contribution in [-0.2, 0) is 0 Å². The molecule has 0 spiro atoms. The highest BCUT2D eigenvalue weighted by atomic mass is 32.1. The van der Waals surface area contributed by atoms with Gasteiger partial charge in [-0.15, -0.1) is 11.3 Å². The molecular formula is C48H29NS. The number of hydrogen-bond acceptors (Lipinski definition) is 1. The van der Waals surface area contributed by atoms with E-state index in [2.05, 4.69) is 180 Å². The van der Waals surface area contributed by atoms with Gasteiger partial charge in [-0.05, 0) is 97.0 Å². The lowest BCUT2D eigenvalue weighted by molar-refractivity contribution is 1.20. The zero-order valence-corrected chi connectivity index (χ0v) is 27.9. The van der Waals surface area contributed by atoms with Crippen LogP contribution in [0.2, 0.25) is 0 Å². The summed E-state index contributed by atoms with van der Waals surface area (Å²) < 4.78 is 5.11. The lowest BCUT2D eigenvalue weighted by Gasteiger charge is -2.13. The molecule has 232 valence electrons. The highest BCUT2D eigenvalue weighted by Gasteiger charge is 2.17. The molecule has 50 heavy (non-hydrogen) atoms. The number of fused-ring (bicyclic) bond motifs is 12. The Morgan fingerprint density at radius 3 is 1.54 bits per heavy atom. The molecule has 2 heteroatoms. The summed E-state index contributed by atoms with van der Waals surface area (Å²) in [5, 5.41) is 13.0. The molecule has 0 saturated heterocycles. The molecule has 1 nitrogen and oxygen atoms in total. The summed E-state index contributed by atoms with van der Waals surface area (Å²) in [7, 11) is 0. The van der Waals surface area contributed by atoms with Gasteiger partial charge < -0.3 is 4.57 Å². The van der Waals surface area contributed by atoms with Crippen LogP contribution in [-0.4, -0.2) is 4.57 Å². The molecule has 2 heterocycles. The average Bonchev–Trinajstić information content (AvgIpc) is 3.74. The van der Waals surface area contributed by atoms with E-state index in [4.69, 9.17) is 0 Å². The quantitative estimate of drug-likeness (QED) is 0.168. The monoisotopic (exact) mass is 651 g/mol. The molecule has 0 amide bonds. The Morgan fingerprint density at radius 2 is 0.800 bits per heavy atom. The first kappa shape index (κ1) is 27.7. The highest BCUT2D eigenvalue weighted by molar-refractivity contribution is 7.26. The average molecular weight is 652 g/mol. The highest BCUT2D eigenvalue weighted by Crippen LogP contribution is 2.42. The number of rotatable bonds is 3. The summed E-state index contributed by atoms with van der Waals surface area (Å²) in [5.74, 6) is 0. The van der Waals surface area contributed by atoms with Gasteiger partial charge in [-0.25, -0.2) is 0 Å². The summed E-state index contributed by atoms with van der Waals surface area (Å²) in [5.41, 5.74) is 8.59. The molecule has 0 aliphatic carbocycles. The van der Waals surface area contributed by atoms with Crippen molar-refractivity contribution in [2.75, 3.05) is 0 Å². The summed E-state index contributed by atoms with van der Waals surface area (Å²) in [4.78, 5) is 0. The number of nitrogens with zero attached hydrogens (tertiary/aromatic N) is 1. The molecule has 0 bridgehead atoms. The zero-order valence-electron chi connectivity index (χ0n) is 27.1. The minimum Gasteiger partial charge on any atom is -0.308 e. The Labute approximate surface area is 292 Å². The van der Waals surface area contributed by atoms with E-state index in [-0.39, 0.29) is 0 Å². The first-order valence-electron chi connectivity index (χ1n) is 17.2. The predicted molar refractivity (Wildman–Crippen MR) is 217 cm³/mol. The van der Waals surface area contributed by atoms with E-state index in [1.807, 2.05) is 11.3 Å². The molecule has 11 aromatic rings. The van der Waals surface area contributed by atoms with Crippen molar-refractivity contribution >= 4 is 85.6 Å². The molecular weight excluding hydrogens is 623 g/mol. The largest absolute Gasteiger partial charge is 0.308 e. The lowest BCUT2D eigenvalue weighted by atomic mass is 9.91. The molecule has 0 aliphatic heterocycles. The summed E-state index contributed by atoms with van der Waals surface area (Å²) >= 11 is 1.88. The van der Waals surface area contributed by atoms with E-state index in [1.54, 1.807) is 0 Å². The standard InChI is InChI=1S/C48H29NS/c1-2-15-36-34(13-1)35-14-3-4-16-37(35)42-28-32(23-25-38(36)42)30-11-9-12-31(27-30)33-24-26-45-43(29-33)39-17-5-7-20-44(39)49(45)46-21-10-19-41-40-18-6-8-22-47(40)50-48(41)46/h1-29H. The maximum Gasteiger partial charge on any atom is 0.0640 e. The summed E-state index contributed by atoms with van der Waals surface area (Å²) in [6.07, 6.45) is 0. The Balaban J connectivity index is 1.07. The van der Waals surface area contributed by atoms with Crippen LogP contribution in [0.25, 0.3) is 102 Å². The first-order valence-corrected chi connectivity index (χ1v) is 18.0. The van der Waals surface area contributed by atoms with Crippen molar-refractivity contribution in [2.24, 2.45) is 0 Å². The van der Waals surface area contributed by atoms with Gasteiger partial charge >= 0.3 is 0 Å². The van der Waals surface area contributed by atoms with E-state index < -0.39 is 0 Å². The van der Waals surface area contributed by atoms with Gasteiger partial charge in [-0.3, -0.25) is 0 Å². The molecule has 0 atom stereocenters. The Kier molecular flexibility index (Phi) is 5.89. The van der Waals surface area contributed by atoms with Crippen LogP contribution < -0.4 is 0 Å². The van der Waals surface area contributed by atoms with Gasteiger partial charge in [0.05, 0.1) is 21.4 Å². The van der Waals surface area contributed by atoms with E-state index in [9.17, 15) is 0 Å². The molecule has 0 radical (unpaired) electrons. The van der Waals surface area contributed by atoms with Gasteiger partial charge in [0.2, 0.25) is 0 Å². The second kappa shape index (κ2) is 10.6. The second-order valence-electron chi connectivity index (χ2n) is 13.3. The fourth-order valence-electron chi connectivity index (χ4n) is 8.29. The Hall–Kier alpha value is -6.22. The van der Waals surface area contributed by atoms with Gasteiger partial charge in [0.15, 0.2) is 0 Å². The molecule has 9 aromatic carbocycles. The van der Waals surface area contributed by atoms with Crippen molar-refractivity contribution in [3.8, 4) is 27.9 Å². The van der Waals surface area contributed by atoms with E-state index >= 15 is 0 Å². The van der Waals surface area contributed by atoms with Crippen LogP contribution in [0.1, 0.15) is 0 Å². The molecule has 2 aromatic heterocycles. The number of thiophene rings is 1. The normalized spacial score (nSPS) is 12.0. The smallest absolute Gasteiger partial charge is 0.0640 e. The third kappa shape index (κ3) is 4.00. The zero-order chi connectivity index (χ0) is 32.8. The van der Waals surface area contributed by atoms with Crippen LogP contribution in [0.15, 0.2) is 176 Å². The van der Waals surface area contributed by atoms with Crippen LogP contribution in [0.3, 0.4) is 0 Å².